The van der Waals surface area contributed by atoms with Crippen LogP contribution in [0.5, 0.6) is 0 Å². The maximum atomic E-state index is 4.65. The van der Waals surface area contributed by atoms with Crippen LogP contribution in [0.25, 0.3) is 55.0 Å². The van der Waals surface area contributed by atoms with Gasteiger partial charge in [0.15, 0.2) is 5.65 Å². The Hall–Kier alpha value is -4.30. The zero-order valence-corrected chi connectivity index (χ0v) is 21.0. The molecule has 1 aliphatic carbocycles. The number of H-pyrrole nitrogens is 2. The molecule has 6 aromatic rings. The average molecular weight is 504 g/mol. The molecule has 0 bridgehead atoms. The fourth-order valence-corrected chi connectivity index (χ4v) is 6.02. The van der Waals surface area contributed by atoms with E-state index in [0.717, 1.165) is 60.8 Å². The number of hydrogen-bond donors (Lipinski definition) is 3. The number of nitrogens with one attached hydrogen (secondary N) is 3. The van der Waals surface area contributed by atoms with E-state index in [0.29, 0.717) is 11.6 Å². The van der Waals surface area contributed by atoms with E-state index in [1.54, 1.807) is 11.3 Å². The van der Waals surface area contributed by atoms with Crippen LogP contribution < -0.4 is 5.32 Å². The third-order valence-electron chi connectivity index (χ3n) is 7.21. The third-order valence-corrected chi connectivity index (χ3v) is 8.08. The molecule has 6 aromatic heterocycles. The molecule has 0 atom stereocenters. The van der Waals surface area contributed by atoms with E-state index >= 15 is 0 Å². The number of fused-ring (bicyclic) bond motifs is 2. The van der Waals surface area contributed by atoms with E-state index in [4.69, 9.17) is 0 Å². The van der Waals surface area contributed by atoms with Crippen molar-refractivity contribution in [1.29, 1.82) is 0 Å². The molecule has 7 rings (SSSR count). The zero-order chi connectivity index (χ0) is 24.8. The molecule has 37 heavy (non-hydrogen) atoms. The summed E-state index contributed by atoms with van der Waals surface area (Å²) in [5, 5.41) is 15.2. The van der Waals surface area contributed by atoms with Crippen molar-refractivity contribution in [1.82, 2.24) is 30.1 Å². The molecule has 8 heteroatoms. The molecule has 6 heterocycles. The first-order chi connectivity index (χ1) is 18.2. The van der Waals surface area contributed by atoms with Crippen LogP contribution in [0, 0.1) is 5.92 Å². The Labute approximate surface area is 217 Å². The topological polar surface area (TPSA) is 95.2 Å². The van der Waals surface area contributed by atoms with E-state index < -0.39 is 0 Å². The monoisotopic (exact) mass is 503 g/mol. The molecule has 0 aromatic carbocycles. The number of rotatable bonds is 6. The highest BCUT2D eigenvalue weighted by Crippen LogP contribution is 2.35. The maximum absolute atomic E-state index is 4.65. The van der Waals surface area contributed by atoms with Gasteiger partial charge >= 0.3 is 0 Å². The molecule has 3 N–H and O–H groups in total. The summed E-state index contributed by atoms with van der Waals surface area (Å²) in [6.07, 6.45) is 12.4. The first-order valence-electron chi connectivity index (χ1n) is 12.5. The molecule has 1 fully saturated rings. The summed E-state index contributed by atoms with van der Waals surface area (Å²) < 4.78 is 0. The number of aromatic amines is 2. The van der Waals surface area contributed by atoms with Crippen molar-refractivity contribution >= 4 is 39.0 Å². The van der Waals surface area contributed by atoms with Crippen LogP contribution in [0.4, 0.5) is 5.69 Å². The van der Waals surface area contributed by atoms with Crippen LogP contribution >= 0.6 is 11.3 Å². The molecular formula is C29H25N7S. The Morgan fingerprint density at radius 3 is 2.76 bits per heavy atom. The second kappa shape index (κ2) is 8.97. The second-order valence-electron chi connectivity index (χ2n) is 9.57. The Morgan fingerprint density at radius 2 is 1.89 bits per heavy atom. The summed E-state index contributed by atoms with van der Waals surface area (Å²) in [5.74, 6) is 0.544. The number of anilines is 1. The maximum Gasteiger partial charge on any atom is 0.181 e. The molecule has 7 nitrogen and oxygen atoms in total. The first kappa shape index (κ1) is 21.9. The molecule has 0 unspecified atom stereocenters. The minimum absolute atomic E-state index is 0.544. The normalized spacial score (nSPS) is 14.1. The SMILES string of the molecule is C=C(Nc1cncc(-c2cnc3n[nH]c(-c4cc5c(-c6cccs6)nccc5[nH]4)c3c2)c1)C1CCCC1. The van der Waals surface area contributed by atoms with Gasteiger partial charge in [-0.1, -0.05) is 25.5 Å². The number of aromatic nitrogens is 6. The average Bonchev–Trinajstić information content (AvgIpc) is 3.74. The quantitative estimate of drug-likeness (QED) is 0.220. The van der Waals surface area contributed by atoms with Gasteiger partial charge in [-0.25, -0.2) is 4.98 Å². The summed E-state index contributed by atoms with van der Waals surface area (Å²) in [6.45, 7) is 4.28. The highest BCUT2D eigenvalue weighted by molar-refractivity contribution is 7.13. The van der Waals surface area contributed by atoms with Gasteiger partial charge in [0.2, 0.25) is 0 Å². The van der Waals surface area contributed by atoms with Crippen LogP contribution in [0.3, 0.4) is 0 Å². The lowest BCUT2D eigenvalue weighted by atomic mass is 10.0. The van der Waals surface area contributed by atoms with Crippen molar-refractivity contribution in [3.63, 3.8) is 0 Å². The van der Waals surface area contributed by atoms with Gasteiger partial charge in [-0.2, -0.15) is 5.10 Å². The number of nitrogens with zero attached hydrogens (tertiary/aromatic N) is 4. The van der Waals surface area contributed by atoms with Crippen LogP contribution in [-0.2, 0) is 0 Å². The number of thiophene rings is 1. The van der Waals surface area contributed by atoms with E-state index in [1.807, 2.05) is 36.9 Å². The Balaban J connectivity index is 1.25. The van der Waals surface area contributed by atoms with Gasteiger partial charge in [0.05, 0.1) is 33.8 Å². The fraction of sp³-hybridized carbons (Fsp3) is 0.172. The summed E-state index contributed by atoms with van der Waals surface area (Å²) in [7, 11) is 0. The van der Waals surface area contributed by atoms with Crippen molar-refractivity contribution in [2.45, 2.75) is 25.7 Å². The van der Waals surface area contributed by atoms with Crippen LogP contribution in [0.15, 0.2) is 78.8 Å². The van der Waals surface area contributed by atoms with Crippen molar-refractivity contribution in [2.75, 3.05) is 5.32 Å². The highest BCUT2D eigenvalue weighted by atomic mass is 32.1. The van der Waals surface area contributed by atoms with Gasteiger partial charge in [-0.05, 0) is 54.5 Å². The Morgan fingerprint density at radius 1 is 1.00 bits per heavy atom. The minimum atomic E-state index is 0.544. The molecule has 0 amide bonds. The standard InChI is InChI=1S/C29H25N7S/c1-17(18-5-2-3-6-18)33-21-11-19(14-30-16-21)20-12-23-27(35-36-29(23)32-15-20)25-13-22-24(34-25)8-9-31-28(22)26-7-4-10-37-26/h4,7-16,18,33-34H,1-3,5-6H2,(H,32,35,36). The molecule has 0 radical (unpaired) electrons. The molecule has 1 saturated carbocycles. The van der Waals surface area contributed by atoms with E-state index in [2.05, 4.69) is 71.7 Å². The number of hydrogen-bond acceptors (Lipinski definition) is 6. The third kappa shape index (κ3) is 3.99. The predicted octanol–water partition coefficient (Wildman–Crippen LogP) is 7.41. The second-order valence-corrected chi connectivity index (χ2v) is 10.5. The van der Waals surface area contributed by atoms with Gasteiger partial charge < -0.3 is 10.3 Å². The van der Waals surface area contributed by atoms with E-state index in [1.165, 1.54) is 25.7 Å². The molecule has 0 saturated heterocycles. The number of pyridine rings is 3. The summed E-state index contributed by atoms with van der Waals surface area (Å²) >= 11 is 1.69. The largest absolute Gasteiger partial charge is 0.358 e. The molecule has 0 spiro atoms. The lowest BCUT2D eigenvalue weighted by Gasteiger charge is -2.15. The van der Waals surface area contributed by atoms with Crippen molar-refractivity contribution in [2.24, 2.45) is 5.92 Å². The smallest absolute Gasteiger partial charge is 0.181 e. The Kier molecular flexibility index (Phi) is 5.32. The van der Waals surface area contributed by atoms with Crippen molar-refractivity contribution in [3.05, 3.63) is 78.8 Å². The Bertz CT molecular complexity index is 1740. The molecule has 1 aliphatic rings. The number of allylic oxidation sites excluding steroid dienone is 1. The van der Waals surface area contributed by atoms with Gasteiger partial charge in [0.25, 0.3) is 0 Å². The van der Waals surface area contributed by atoms with Gasteiger partial charge in [0, 0.05) is 51.7 Å². The van der Waals surface area contributed by atoms with Crippen LogP contribution in [-0.4, -0.2) is 30.1 Å². The van der Waals surface area contributed by atoms with Crippen LogP contribution in [0.1, 0.15) is 25.7 Å². The highest BCUT2D eigenvalue weighted by Gasteiger charge is 2.19. The fourth-order valence-electron chi connectivity index (χ4n) is 5.29. The van der Waals surface area contributed by atoms with Gasteiger partial charge in [-0.3, -0.25) is 15.1 Å². The lowest BCUT2D eigenvalue weighted by molar-refractivity contribution is 0.649. The van der Waals surface area contributed by atoms with Crippen molar-refractivity contribution < 1.29 is 0 Å². The zero-order valence-electron chi connectivity index (χ0n) is 20.2. The molecule has 182 valence electrons. The summed E-state index contributed by atoms with van der Waals surface area (Å²) in [4.78, 5) is 18.5. The van der Waals surface area contributed by atoms with E-state index in [9.17, 15) is 0 Å². The van der Waals surface area contributed by atoms with Crippen molar-refractivity contribution in [3.8, 4) is 33.1 Å². The lowest BCUT2D eigenvalue weighted by Crippen LogP contribution is -2.07. The van der Waals surface area contributed by atoms with Gasteiger partial charge in [0.1, 0.15) is 0 Å². The summed E-state index contributed by atoms with van der Waals surface area (Å²) in [5.41, 5.74) is 8.53. The minimum Gasteiger partial charge on any atom is -0.358 e. The predicted molar refractivity (Wildman–Crippen MR) is 150 cm³/mol. The van der Waals surface area contributed by atoms with Crippen LogP contribution in [0.2, 0.25) is 0 Å². The molecular weight excluding hydrogens is 478 g/mol. The van der Waals surface area contributed by atoms with Gasteiger partial charge in [-0.15, -0.1) is 11.3 Å². The summed E-state index contributed by atoms with van der Waals surface area (Å²) in [6, 6.07) is 12.5. The molecule has 0 aliphatic heterocycles. The van der Waals surface area contributed by atoms with E-state index in [-0.39, 0.29) is 0 Å². The first-order valence-corrected chi connectivity index (χ1v) is 13.4.